The third-order valence-electron chi connectivity index (χ3n) is 6.10. The average molecular weight is 514 g/mol. The van der Waals surface area contributed by atoms with Gasteiger partial charge in [-0.1, -0.05) is 32.4 Å². The molecule has 1 aliphatic heterocycles. The van der Waals surface area contributed by atoms with Gasteiger partial charge in [-0.05, 0) is 68.7 Å². The van der Waals surface area contributed by atoms with Crippen molar-refractivity contribution in [3.05, 3.63) is 58.6 Å². The summed E-state index contributed by atoms with van der Waals surface area (Å²) >= 11 is 5.92. The van der Waals surface area contributed by atoms with Crippen LogP contribution in [0.25, 0.3) is 0 Å². The number of nitrogens with zero attached hydrogens (tertiary/aromatic N) is 1. The van der Waals surface area contributed by atoms with E-state index in [0.29, 0.717) is 5.02 Å². The Morgan fingerprint density at radius 2 is 1.56 bits per heavy atom. The van der Waals surface area contributed by atoms with Crippen LogP contribution in [0.5, 0.6) is 0 Å². The Morgan fingerprint density at radius 3 is 2.00 bits per heavy atom. The molecule has 2 aromatic rings. The summed E-state index contributed by atoms with van der Waals surface area (Å²) in [5, 5.41) is 0.374. The van der Waals surface area contributed by atoms with Crippen LogP contribution in [0.4, 0.5) is 14.5 Å². The number of halogens is 3. The van der Waals surface area contributed by atoms with Crippen LogP contribution in [0.15, 0.2) is 41.3 Å². The molecule has 1 amide bonds. The molecule has 5 nitrogen and oxygen atoms in total. The summed E-state index contributed by atoms with van der Waals surface area (Å²) in [5.74, 6) is -2.42. The molecule has 1 heterocycles. The molecule has 0 aliphatic carbocycles. The lowest BCUT2D eigenvalue weighted by Crippen LogP contribution is -2.45. The highest BCUT2D eigenvalue weighted by atomic mass is 35.5. The van der Waals surface area contributed by atoms with Crippen LogP contribution in [-0.2, 0) is 24.1 Å². The number of rotatable bonds is 5. The minimum Gasteiger partial charge on any atom is -0.381 e. The molecule has 2 aromatic carbocycles. The van der Waals surface area contributed by atoms with Crippen molar-refractivity contribution in [3.63, 3.8) is 0 Å². The monoisotopic (exact) mass is 513 g/mol. The predicted molar refractivity (Wildman–Crippen MR) is 129 cm³/mol. The van der Waals surface area contributed by atoms with Gasteiger partial charge in [0.2, 0.25) is 5.91 Å². The number of ether oxygens (including phenoxy) is 1. The highest BCUT2D eigenvalue weighted by Crippen LogP contribution is 2.45. The molecule has 0 radical (unpaired) electrons. The summed E-state index contributed by atoms with van der Waals surface area (Å²) in [4.78, 5) is 14.1. The summed E-state index contributed by atoms with van der Waals surface area (Å²) in [6.45, 7) is 8.60. The van der Waals surface area contributed by atoms with Gasteiger partial charge in [0, 0.05) is 29.7 Å². The second-order valence-corrected chi connectivity index (χ2v) is 12.6. The van der Waals surface area contributed by atoms with E-state index in [-0.39, 0.29) is 36.5 Å². The van der Waals surface area contributed by atoms with Gasteiger partial charge in [-0.25, -0.2) is 17.2 Å². The van der Waals surface area contributed by atoms with E-state index < -0.39 is 49.3 Å². The topological polar surface area (TPSA) is 63.7 Å². The van der Waals surface area contributed by atoms with Crippen LogP contribution in [0.2, 0.25) is 5.02 Å². The van der Waals surface area contributed by atoms with Crippen LogP contribution in [0.3, 0.4) is 0 Å². The highest BCUT2D eigenvalue weighted by molar-refractivity contribution is 7.92. The standard InChI is InChI=1S/C25H30ClF2NO4S/c1-16(2)29(23(30)24(3,4)5)22-20(27)14-17(15-21(22)28)25(10-12-33-13-11-25)34(31,32)19-8-6-18(26)7-9-19/h6-9,14-16H,10-13H2,1-5H3. The second-order valence-electron chi connectivity index (χ2n) is 9.87. The molecule has 1 saturated heterocycles. The van der Waals surface area contributed by atoms with E-state index in [4.69, 9.17) is 16.3 Å². The zero-order chi connectivity index (χ0) is 25.5. The number of carbonyl (C=O) groups is 1. The molecule has 1 aliphatic rings. The first kappa shape index (κ1) is 26.6. The molecule has 0 aromatic heterocycles. The zero-order valence-electron chi connectivity index (χ0n) is 20.0. The normalized spacial score (nSPS) is 16.5. The van der Waals surface area contributed by atoms with Gasteiger partial charge in [-0.3, -0.25) is 4.79 Å². The molecular formula is C25H30ClF2NO4S. The van der Waals surface area contributed by atoms with Crippen LogP contribution in [-0.4, -0.2) is 33.6 Å². The Morgan fingerprint density at radius 1 is 1.06 bits per heavy atom. The summed E-state index contributed by atoms with van der Waals surface area (Å²) in [6, 6.07) is 7.27. The fraction of sp³-hybridized carbons (Fsp3) is 0.480. The van der Waals surface area contributed by atoms with Crippen LogP contribution in [0.1, 0.15) is 53.0 Å². The minimum absolute atomic E-state index is 0.00332. The van der Waals surface area contributed by atoms with Gasteiger partial charge in [0.1, 0.15) is 22.1 Å². The Balaban J connectivity index is 2.20. The second kappa shape index (κ2) is 9.55. The van der Waals surface area contributed by atoms with Crippen molar-refractivity contribution in [2.75, 3.05) is 18.1 Å². The number of anilines is 1. The molecule has 0 unspecified atom stereocenters. The summed E-state index contributed by atoms with van der Waals surface area (Å²) < 4.78 is 62.5. The molecular weight excluding hydrogens is 484 g/mol. The van der Waals surface area contributed by atoms with Gasteiger partial charge in [0.15, 0.2) is 9.84 Å². The number of hydrogen-bond acceptors (Lipinski definition) is 4. The number of benzene rings is 2. The van der Waals surface area contributed by atoms with E-state index in [9.17, 15) is 13.2 Å². The van der Waals surface area contributed by atoms with Crippen LogP contribution >= 0.6 is 11.6 Å². The number of sulfone groups is 1. The first-order valence-corrected chi connectivity index (χ1v) is 13.0. The van der Waals surface area contributed by atoms with Crippen molar-refractivity contribution in [2.45, 2.75) is 63.1 Å². The molecule has 34 heavy (non-hydrogen) atoms. The highest BCUT2D eigenvalue weighted by Gasteiger charge is 2.48. The number of amides is 1. The van der Waals surface area contributed by atoms with Gasteiger partial charge in [-0.15, -0.1) is 0 Å². The number of carbonyl (C=O) groups excluding carboxylic acids is 1. The smallest absolute Gasteiger partial charge is 0.232 e. The first-order valence-electron chi connectivity index (χ1n) is 11.1. The van der Waals surface area contributed by atoms with Crippen molar-refractivity contribution in [3.8, 4) is 0 Å². The van der Waals surface area contributed by atoms with Gasteiger partial charge in [-0.2, -0.15) is 0 Å². The van der Waals surface area contributed by atoms with E-state index in [2.05, 4.69) is 0 Å². The fourth-order valence-corrected chi connectivity index (χ4v) is 6.47. The van der Waals surface area contributed by atoms with Crippen molar-refractivity contribution in [1.29, 1.82) is 0 Å². The SMILES string of the molecule is CC(C)N(C(=O)C(C)(C)C)c1c(F)cc(C2(S(=O)(=O)c3ccc(Cl)cc3)CCOCC2)cc1F. The predicted octanol–water partition coefficient (Wildman–Crippen LogP) is 5.89. The molecule has 0 saturated carbocycles. The summed E-state index contributed by atoms with van der Waals surface area (Å²) in [6.07, 6.45) is 0.0655. The maximum absolute atomic E-state index is 15.6. The van der Waals surface area contributed by atoms with E-state index in [1.807, 2.05) is 0 Å². The third kappa shape index (κ3) is 4.72. The molecule has 1 fully saturated rings. The summed E-state index contributed by atoms with van der Waals surface area (Å²) in [7, 11) is -4.07. The average Bonchev–Trinajstić information content (AvgIpc) is 2.75. The Hall–Kier alpha value is -2.03. The minimum atomic E-state index is -4.07. The van der Waals surface area contributed by atoms with Gasteiger partial charge >= 0.3 is 0 Å². The van der Waals surface area contributed by atoms with E-state index in [0.717, 1.165) is 17.0 Å². The lowest BCUT2D eigenvalue weighted by atomic mass is 9.89. The Labute approximate surface area is 205 Å². The molecule has 186 valence electrons. The molecule has 0 N–H and O–H groups in total. The third-order valence-corrected chi connectivity index (χ3v) is 8.92. The van der Waals surface area contributed by atoms with Crippen molar-refractivity contribution < 1.29 is 26.7 Å². The molecule has 0 atom stereocenters. The van der Waals surface area contributed by atoms with Crippen molar-refractivity contribution in [1.82, 2.24) is 0 Å². The maximum atomic E-state index is 15.6. The van der Waals surface area contributed by atoms with Crippen LogP contribution < -0.4 is 4.90 Å². The lowest BCUT2D eigenvalue weighted by molar-refractivity contribution is -0.126. The zero-order valence-corrected chi connectivity index (χ0v) is 21.6. The Kier molecular flexibility index (Phi) is 7.46. The maximum Gasteiger partial charge on any atom is 0.232 e. The van der Waals surface area contributed by atoms with Crippen molar-refractivity contribution in [2.24, 2.45) is 5.41 Å². The van der Waals surface area contributed by atoms with Gasteiger partial charge < -0.3 is 9.64 Å². The van der Waals surface area contributed by atoms with Gasteiger partial charge in [0.05, 0.1) is 4.90 Å². The molecule has 3 rings (SSSR count). The Bertz CT molecular complexity index is 1150. The molecule has 0 bridgehead atoms. The van der Waals surface area contributed by atoms with Crippen molar-refractivity contribution >= 4 is 33.0 Å². The first-order chi connectivity index (χ1) is 15.7. The van der Waals surface area contributed by atoms with E-state index in [1.165, 1.54) is 24.3 Å². The summed E-state index contributed by atoms with van der Waals surface area (Å²) in [5.41, 5.74) is -1.36. The quantitative estimate of drug-likeness (QED) is 0.500. The fourth-order valence-electron chi connectivity index (χ4n) is 4.27. The van der Waals surface area contributed by atoms with Crippen LogP contribution in [0, 0.1) is 17.0 Å². The van der Waals surface area contributed by atoms with E-state index in [1.54, 1.807) is 34.6 Å². The lowest BCUT2D eigenvalue weighted by Gasteiger charge is -2.38. The van der Waals surface area contributed by atoms with Gasteiger partial charge in [0.25, 0.3) is 0 Å². The largest absolute Gasteiger partial charge is 0.381 e. The number of hydrogen-bond donors (Lipinski definition) is 0. The molecule has 9 heteroatoms. The molecule has 0 spiro atoms. The van der Waals surface area contributed by atoms with E-state index >= 15 is 8.78 Å².